The smallest absolute Gasteiger partial charge is 0.332 e. The zero-order valence-corrected chi connectivity index (χ0v) is 31.8. The number of fused-ring (bicyclic) bond motifs is 1. The maximum absolute atomic E-state index is 15.1. The number of rotatable bonds is 10. The number of hydrogen-bond acceptors (Lipinski definition) is 10. The van der Waals surface area contributed by atoms with Gasteiger partial charge in [-0.05, 0) is 87.6 Å². The fourth-order valence-corrected chi connectivity index (χ4v) is 8.04. The molecule has 56 heavy (non-hydrogen) atoms. The molecule has 0 amide bonds. The summed E-state index contributed by atoms with van der Waals surface area (Å²) in [6, 6.07) is 16.2. The molecular weight excluding hydrogens is 717 g/mol. The molecule has 2 aliphatic rings. The van der Waals surface area contributed by atoms with Crippen molar-refractivity contribution in [3.05, 3.63) is 117 Å². The second-order valence-electron chi connectivity index (χ2n) is 15.0. The first-order valence-electron chi connectivity index (χ1n) is 19.1. The van der Waals surface area contributed by atoms with Crippen molar-refractivity contribution in [1.29, 1.82) is 0 Å². The van der Waals surface area contributed by atoms with E-state index in [1.807, 2.05) is 55.8 Å². The monoisotopic (exact) mass is 761 g/mol. The number of aromatic amines is 1. The number of aryl methyl sites for hydroxylation is 1. The van der Waals surface area contributed by atoms with E-state index < -0.39 is 22.9 Å². The first-order valence-corrected chi connectivity index (χ1v) is 19.1. The molecule has 0 saturated carbocycles. The minimum absolute atomic E-state index is 0.0103. The summed E-state index contributed by atoms with van der Waals surface area (Å²) in [5.74, 6) is 0.751. The van der Waals surface area contributed by atoms with E-state index >= 15 is 8.78 Å². The van der Waals surface area contributed by atoms with E-state index in [0.717, 1.165) is 76.2 Å². The van der Waals surface area contributed by atoms with Gasteiger partial charge in [0.1, 0.15) is 22.9 Å². The number of piperazine rings is 1. The van der Waals surface area contributed by atoms with E-state index in [1.165, 1.54) is 29.3 Å². The van der Waals surface area contributed by atoms with Gasteiger partial charge in [-0.1, -0.05) is 6.07 Å². The van der Waals surface area contributed by atoms with Gasteiger partial charge in [-0.3, -0.25) is 19.2 Å². The Morgan fingerprint density at radius 3 is 2.38 bits per heavy atom. The van der Waals surface area contributed by atoms with Crippen LogP contribution in [0.15, 0.2) is 82.8 Å². The Bertz CT molecular complexity index is 2450. The summed E-state index contributed by atoms with van der Waals surface area (Å²) in [4.78, 5) is 50.9. The van der Waals surface area contributed by atoms with Crippen LogP contribution in [0, 0.1) is 24.5 Å². The Kier molecular flexibility index (Phi) is 10.4. The van der Waals surface area contributed by atoms with Gasteiger partial charge in [0, 0.05) is 88.1 Å². The quantitative estimate of drug-likeness (QED) is 0.180. The van der Waals surface area contributed by atoms with Crippen LogP contribution >= 0.6 is 0 Å². The lowest BCUT2D eigenvalue weighted by atomic mass is 9.96. The molecule has 6 aromatic rings. The molecule has 2 fully saturated rings. The number of anilines is 3. The molecule has 6 heterocycles. The first-order chi connectivity index (χ1) is 27.1. The molecule has 0 bridgehead atoms. The molecule has 13 nitrogen and oxygen atoms in total. The van der Waals surface area contributed by atoms with Gasteiger partial charge in [0.15, 0.2) is 11.6 Å². The molecule has 0 aliphatic carbocycles. The molecule has 2 aromatic carbocycles. The predicted molar refractivity (Wildman–Crippen MR) is 213 cm³/mol. The highest BCUT2D eigenvalue weighted by Crippen LogP contribution is 2.31. The van der Waals surface area contributed by atoms with E-state index in [1.54, 1.807) is 6.07 Å². The Balaban J connectivity index is 0.832. The number of H-pyrrole nitrogens is 1. The van der Waals surface area contributed by atoms with Crippen molar-refractivity contribution >= 4 is 28.5 Å². The zero-order valence-electron chi connectivity index (χ0n) is 31.8. The first kappa shape index (κ1) is 37.1. The van der Waals surface area contributed by atoms with E-state index in [9.17, 15) is 9.59 Å². The number of piperidine rings is 1. The van der Waals surface area contributed by atoms with Gasteiger partial charge in [0.25, 0.3) is 5.56 Å². The van der Waals surface area contributed by atoms with Gasteiger partial charge >= 0.3 is 5.69 Å². The number of aromatic nitrogens is 7. The number of benzene rings is 2. The third-order valence-electron chi connectivity index (χ3n) is 10.7. The van der Waals surface area contributed by atoms with Crippen LogP contribution < -0.4 is 21.5 Å². The molecule has 0 radical (unpaired) electrons. The minimum Gasteiger partial charge on any atom is -0.371 e. The highest BCUT2D eigenvalue weighted by Gasteiger charge is 2.25. The Morgan fingerprint density at radius 2 is 1.64 bits per heavy atom. The minimum atomic E-state index is -0.654. The number of halogens is 2. The molecule has 15 heteroatoms. The van der Waals surface area contributed by atoms with Crippen LogP contribution in [0.2, 0.25) is 0 Å². The summed E-state index contributed by atoms with van der Waals surface area (Å²) >= 11 is 0. The van der Waals surface area contributed by atoms with Crippen molar-refractivity contribution in [3.8, 4) is 16.9 Å². The molecule has 2 N–H and O–H groups in total. The Hall–Kier alpha value is -5.80. The lowest BCUT2D eigenvalue weighted by Crippen LogP contribution is -2.49. The maximum Gasteiger partial charge on any atom is 0.332 e. The largest absolute Gasteiger partial charge is 0.371 e. The Morgan fingerprint density at radius 1 is 0.875 bits per heavy atom. The van der Waals surface area contributed by atoms with Gasteiger partial charge < -0.3 is 19.7 Å². The second-order valence-corrected chi connectivity index (χ2v) is 15.0. The molecule has 1 atom stereocenters. The predicted octanol–water partition coefficient (Wildman–Crippen LogP) is 5.67. The van der Waals surface area contributed by atoms with Gasteiger partial charge in [-0.25, -0.2) is 33.5 Å². The van der Waals surface area contributed by atoms with Gasteiger partial charge in [0.05, 0.1) is 17.4 Å². The zero-order chi connectivity index (χ0) is 38.9. The van der Waals surface area contributed by atoms with Gasteiger partial charge in [-0.2, -0.15) is 0 Å². The lowest BCUT2D eigenvalue weighted by Gasteiger charge is -2.40. The standard InChI is InChI=1S/C41H45F2N11O2/c1-26(2)54-27(3)46-39-33(42)19-30(20-35(39)54)38-34(43)22-45-40(49-38)47-36-11-6-28(21-44-36)23-50-15-17-51(18-16-50)24-29-5-4-13-52(25-29)31-7-9-32(10-8-31)53-14-12-37(55)48-41(53)56/h6-12,14,19-22,26,29H,4-5,13,15-18,23-25H2,1-3H3,(H,48,55,56)(H,44,45,47,49). The molecule has 1 unspecified atom stereocenters. The summed E-state index contributed by atoms with van der Waals surface area (Å²) in [6.45, 7) is 13.6. The molecule has 2 saturated heterocycles. The number of nitrogens with one attached hydrogen (secondary N) is 2. The van der Waals surface area contributed by atoms with Crippen LogP contribution in [0.3, 0.4) is 0 Å². The summed E-state index contributed by atoms with van der Waals surface area (Å²) in [5, 5.41) is 3.07. The van der Waals surface area contributed by atoms with E-state index in [-0.39, 0.29) is 23.2 Å². The lowest BCUT2D eigenvalue weighted by molar-refractivity contribution is 0.110. The van der Waals surface area contributed by atoms with Crippen molar-refractivity contribution in [2.45, 2.75) is 46.2 Å². The molecule has 2 aliphatic heterocycles. The van der Waals surface area contributed by atoms with Crippen molar-refractivity contribution in [3.63, 3.8) is 0 Å². The highest BCUT2D eigenvalue weighted by molar-refractivity contribution is 5.83. The molecule has 0 spiro atoms. The molecule has 4 aromatic heterocycles. The molecular formula is C41H45F2N11O2. The average molecular weight is 762 g/mol. The van der Waals surface area contributed by atoms with Crippen LogP contribution in [0.1, 0.15) is 44.1 Å². The van der Waals surface area contributed by atoms with E-state index in [0.29, 0.717) is 34.3 Å². The summed E-state index contributed by atoms with van der Waals surface area (Å²) in [5.41, 5.74) is 3.21. The van der Waals surface area contributed by atoms with Crippen molar-refractivity contribution in [2.24, 2.45) is 5.92 Å². The average Bonchev–Trinajstić information content (AvgIpc) is 3.54. The summed E-state index contributed by atoms with van der Waals surface area (Å²) in [6.07, 6.45) is 6.76. The highest BCUT2D eigenvalue weighted by atomic mass is 19.1. The van der Waals surface area contributed by atoms with E-state index in [2.05, 4.69) is 57.1 Å². The fraction of sp³-hybridized carbons (Fsp3) is 0.366. The third kappa shape index (κ3) is 7.95. The van der Waals surface area contributed by atoms with Crippen molar-refractivity contribution in [1.82, 2.24) is 43.9 Å². The number of nitrogens with zero attached hydrogens (tertiary/aromatic N) is 9. The summed E-state index contributed by atoms with van der Waals surface area (Å²) < 4.78 is 33.5. The second kappa shape index (κ2) is 15.7. The van der Waals surface area contributed by atoms with Crippen LogP contribution in [0.25, 0.3) is 28.0 Å². The third-order valence-corrected chi connectivity index (χ3v) is 10.7. The van der Waals surface area contributed by atoms with Crippen LogP contribution in [0.4, 0.5) is 26.2 Å². The van der Waals surface area contributed by atoms with Crippen molar-refractivity contribution < 1.29 is 8.78 Å². The topological polar surface area (TPSA) is 133 Å². The van der Waals surface area contributed by atoms with Gasteiger partial charge in [0.2, 0.25) is 5.95 Å². The normalized spacial score (nSPS) is 16.9. The number of imidazole rings is 1. The van der Waals surface area contributed by atoms with Crippen LogP contribution in [0.5, 0.6) is 0 Å². The molecule has 8 rings (SSSR count). The maximum atomic E-state index is 15.1. The molecule has 290 valence electrons. The van der Waals surface area contributed by atoms with Crippen LogP contribution in [-0.4, -0.2) is 89.7 Å². The van der Waals surface area contributed by atoms with E-state index in [4.69, 9.17) is 0 Å². The van der Waals surface area contributed by atoms with Crippen molar-refractivity contribution in [2.75, 3.05) is 56.0 Å². The Labute approximate surface area is 322 Å². The van der Waals surface area contributed by atoms with Crippen LogP contribution in [-0.2, 0) is 6.54 Å². The number of pyridine rings is 1. The number of hydrogen-bond donors (Lipinski definition) is 2. The fourth-order valence-electron chi connectivity index (χ4n) is 8.04. The SMILES string of the molecule is Cc1nc2c(F)cc(-c3nc(Nc4ccc(CN5CCN(CC6CCCN(c7ccc(-n8ccc(=O)[nH]c8=O)cc7)C6)CC5)cn4)ncc3F)cc2n1C(C)C. The summed E-state index contributed by atoms with van der Waals surface area (Å²) in [7, 11) is 0. The van der Waals surface area contributed by atoms with Gasteiger partial charge in [-0.15, -0.1) is 0 Å².